The van der Waals surface area contributed by atoms with Crippen molar-refractivity contribution in [3.8, 4) is 0 Å². The molecule has 6 nitrogen and oxygen atoms in total. The minimum absolute atomic E-state index is 0. The molecule has 0 aromatic carbocycles. The van der Waals surface area contributed by atoms with Crippen LogP contribution in [0.25, 0.3) is 0 Å². The molecule has 5 N–H and O–H groups in total. The molecule has 7 heteroatoms. The highest BCUT2D eigenvalue weighted by Gasteiger charge is 2.10. The second-order valence-electron chi connectivity index (χ2n) is 3.40. The van der Waals surface area contributed by atoms with Gasteiger partial charge in [0.2, 0.25) is 0 Å². The van der Waals surface area contributed by atoms with Crippen LogP contribution >= 0.6 is 8.03 Å². The lowest BCUT2D eigenvalue weighted by Gasteiger charge is -2.28. The van der Waals surface area contributed by atoms with Gasteiger partial charge in [0.05, 0.1) is 27.2 Å². The van der Waals surface area contributed by atoms with E-state index in [1.165, 1.54) is 0 Å². The van der Waals surface area contributed by atoms with Crippen LogP contribution in [0.3, 0.4) is 0 Å². The van der Waals surface area contributed by atoms with Gasteiger partial charge in [0.1, 0.15) is 6.66 Å². The number of nitrogens with zero attached hydrogens (tertiary/aromatic N) is 1. The van der Waals surface area contributed by atoms with Crippen molar-refractivity contribution in [3.05, 3.63) is 0 Å². The van der Waals surface area contributed by atoms with Crippen molar-refractivity contribution in [2.24, 2.45) is 11.5 Å². The van der Waals surface area contributed by atoms with Crippen LogP contribution in [-0.4, -0.2) is 56.9 Å². The van der Waals surface area contributed by atoms with Gasteiger partial charge in [0.15, 0.2) is 0 Å². The number of rotatable bonds is 4. The monoisotopic (exact) mass is 227 g/mol. The Morgan fingerprint density at radius 1 is 1.21 bits per heavy atom. The van der Waals surface area contributed by atoms with Gasteiger partial charge in [-0.3, -0.25) is 0 Å². The number of likely N-dealkylation sites (N-methyl/N-ethyl adjacent to an activating group) is 1. The Kier molecular flexibility index (Phi) is 15.3. The summed E-state index contributed by atoms with van der Waals surface area (Å²) >= 11 is 0. The van der Waals surface area contributed by atoms with Crippen molar-refractivity contribution in [2.45, 2.75) is 0 Å². The standard InChI is InChI=1S/C6H18N3.CH3O2P.H2O/c1-9(2,5-3-7)6-4-8;1-4(2)3;/h3-8H2,1-2H3;1H3;1H2/q+1;;/p-1. The molecule has 0 amide bonds. The Balaban J connectivity index is -0.000000209. The Morgan fingerprint density at radius 2 is 1.43 bits per heavy atom. The van der Waals surface area contributed by atoms with Gasteiger partial charge in [-0.25, -0.2) is 0 Å². The molecular weight excluding hydrogens is 205 g/mol. The van der Waals surface area contributed by atoms with Gasteiger partial charge in [-0.2, -0.15) is 0 Å². The fourth-order valence-corrected chi connectivity index (χ4v) is 0.811. The maximum absolute atomic E-state index is 9.04. The largest absolute Gasteiger partial charge is 0.870 e. The Hall–Kier alpha value is -0.100. The molecule has 88 valence electrons. The fourth-order valence-electron chi connectivity index (χ4n) is 0.811. The summed E-state index contributed by atoms with van der Waals surface area (Å²) in [6.07, 6.45) is 0. The Morgan fingerprint density at radius 3 is 1.57 bits per heavy atom. The van der Waals surface area contributed by atoms with E-state index in [0.717, 1.165) is 37.3 Å². The molecule has 0 saturated heterocycles. The summed E-state index contributed by atoms with van der Waals surface area (Å²) in [5, 5.41) is 0. The molecule has 1 atom stereocenters. The molecule has 0 saturated carbocycles. The Labute approximate surface area is 86.7 Å². The minimum Gasteiger partial charge on any atom is -0.870 e. The summed E-state index contributed by atoms with van der Waals surface area (Å²) < 4.78 is 9.97. The smallest absolute Gasteiger partial charge is 0.305 e. The third kappa shape index (κ3) is 22.7. The van der Waals surface area contributed by atoms with E-state index in [1.807, 2.05) is 0 Å². The van der Waals surface area contributed by atoms with Crippen LogP contribution in [0.15, 0.2) is 0 Å². The van der Waals surface area contributed by atoms with Crippen molar-refractivity contribution < 1.29 is 19.4 Å². The predicted octanol–water partition coefficient (Wildman–Crippen LogP) is -1.48. The molecule has 0 bridgehead atoms. The highest BCUT2D eigenvalue weighted by atomic mass is 31.1. The first-order valence-corrected chi connectivity index (χ1v) is 5.78. The van der Waals surface area contributed by atoms with E-state index in [0.29, 0.717) is 0 Å². The zero-order valence-electron chi connectivity index (χ0n) is 9.14. The lowest BCUT2D eigenvalue weighted by atomic mass is 10.4. The molecule has 0 spiro atoms. The maximum Gasteiger partial charge on any atom is 0.305 e. The summed E-state index contributed by atoms with van der Waals surface area (Å²) in [6.45, 7) is 4.63. The lowest BCUT2D eigenvalue weighted by molar-refractivity contribution is -0.887. The van der Waals surface area contributed by atoms with Gasteiger partial charge in [-0.1, -0.05) is 4.57 Å². The van der Waals surface area contributed by atoms with Crippen LogP contribution in [0.2, 0.25) is 0 Å². The van der Waals surface area contributed by atoms with Crippen LogP contribution in [0.4, 0.5) is 0 Å². The first kappa shape index (κ1) is 19.5. The van der Waals surface area contributed by atoms with Gasteiger partial charge in [-0.15, -0.1) is 0 Å². The molecule has 0 aromatic rings. The molecule has 0 heterocycles. The van der Waals surface area contributed by atoms with Crippen molar-refractivity contribution in [2.75, 3.05) is 46.9 Å². The van der Waals surface area contributed by atoms with Crippen LogP contribution in [0.1, 0.15) is 0 Å². The molecule has 0 aliphatic rings. The minimum atomic E-state index is -2.12. The molecule has 0 radical (unpaired) electrons. The van der Waals surface area contributed by atoms with Crippen molar-refractivity contribution in [1.29, 1.82) is 0 Å². The van der Waals surface area contributed by atoms with Crippen LogP contribution in [0.5, 0.6) is 0 Å². The van der Waals surface area contributed by atoms with E-state index >= 15 is 0 Å². The average molecular weight is 227 g/mol. The van der Waals surface area contributed by atoms with Gasteiger partial charge < -0.3 is 26.3 Å². The molecule has 0 rings (SSSR count). The zero-order chi connectivity index (χ0) is 10.9. The molecular formula is C7H22N3O3P. The summed E-state index contributed by atoms with van der Waals surface area (Å²) in [6, 6.07) is 0. The van der Waals surface area contributed by atoms with E-state index in [2.05, 4.69) is 14.1 Å². The van der Waals surface area contributed by atoms with E-state index in [-0.39, 0.29) is 5.48 Å². The molecule has 0 fully saturated rings. The van der Waals surface area contributed by atoms with Crippen LogP contribution < -0.4 is 16.4 Å². The molecule has 1 unspecified atom stereocenters. The first-order valence-electron chi connectivity index (χ1n) is 4.16. The third-order valence-corrected chi connectivity index (χ3v) is 1.47. The van der Waals surface area contributed by atoms with Crippen LogP contribution in [0, 0.1) is 0 Å². The molecule has 14 heavy (non-hydrogen) atoms. The van der Waals surface area contributed by atoms with Gasteiger partial charge in [-0.05, 0) is 0 Å². The lowest BCUT2D eigenvalue weighted by Crippen LogP contribution is -2.46. The summed E-state index contributed by atoms with van der Waals surface area (Å²) in [5.41, 5.74) is 10.8. The second-order valence-corrected chi connectivity index (χ2v) is 4.28. The van der Waals surface area contributed by atoms with E-state index in [9.17, 15) is 0 Å². The first-order chi connectivity index (χ1) is 5.85. The highest BCUT2D eigenvalue weighted by Crippen LogP contribution is 1.91. The molecule has 0 aliphatic carbocycles. The normalized spacial score (nSPS) is 10.9. The zero-order valence-corrected chi connectivity index (χ0v) is 10.0. The number of quaternary nitrogens is 1. The second kappa shape index (κ2) is 11.0. The predicted molar refractivity (Wildman–Crippen MR) is 55.4 cm³/mol. The summed E-state index contributed by atoms with van der Waals surface area (Å²) in [5.74, 6) is 0. The molecule has 0 aromatic heterocycles. The SMILES string of the molecule is C[N+](C)(CCN)CCN.C[P+](=O)[O-].[OH-]. The van der Waals surface area contributed by atoms with Gasteiger partial charge >= 0.3 is 8.03 Å². The summed E-state index contributed by atoms with van der Waals surface area (Å²) in [7, 11) is 2.16. The third-order valence-electron chi connectivity index (χ3n) is 1.47. The van der Waals surface area contributed by atoms with Gasteiger partial charge in [0.25, 0.3) is 0 Å². The number of hydrogen-bond donors (Lipinski definition) is 2. The highest BCUT2D eigenvalue weighted by molar-refractivity contribution is 7.35. The fraction of sp³-hybridized carbons (Fsp3) is 1.00. The number of hydrogen-bond acceptors (Lipinski definition) is 5. The average Bonchev–Trinajstić information content (AvgIpc) is 1.84. The van der Waals surface area contributed by atoms with E-state index in [4.69, 9.17) is 20.9 Å². The van der Waals surface area contributed by atoms with Crippen LogP contribution in [-0.2, 0) is 4.57 Å². The number of nitrogens with two attached hydrogens (primary N) is 2. The van der Waals surface area contributed by atoms with E-state index in [1.54, 1.807) is 0 Å². The van der Waals surface area contributed by atoms with E-state index < -0.39 is 8.03 Å². The quantitative estimate of drug-likeness (QED) is 0.448. The van der Waals surface area contributed by atoms with Gasteiger partial charge in [0, 0.05) is 13.1 Å². The molecule has 0 aliphatic heterocycles. The van der Waals surface area contributed by atoms with Crippen molar-refractivity contribution in [3.63, 3.8) is 0 Å². The van der Waals surface area contributed by atoms with Crippen molar-refractivity contribution in [1.82, 2.24) is 0 Å². The summed E-state index contributed by atoms with van der Waals surface area (Å²) in [4.78, 5) is 9.04. The topological polar surface area (TPSA) is 122 Å². The maximum atomic E-state index is 9.04. The Bertz CT molecular complexity index is 132. The van der Waals surface area contributed by atoms with Crippen molar-refractivity contribution >= 4 is 8.03 Å².